The Morgan fingerprint density at radius 1 is 1.25 bits per heavy atom. The van der Waals surface area contributed by atoms with E-state index in [0.717, 1.165) is 48.1 Å². The van der Waals surface area contributed by atoms with Crippen molar-refractivity contribution in [3.05, 3.63) is 33.8 Å². The fourth-order valence-corrected chi connectivity index (χ4v) is 1.84. The molecule has 0 aliphatic heterocycles. The zero-order valence-corrected chi connectivity index (χ0v) is 10.9. The minimum absolute atomic E-state index is 0.742. The topological polar surface area (TPSA) is 21.3 Å². The lowest BCUT2D eigenvalue weighted by Crippen LogP contribution is -2.20. The Bertz CT molecular complexity index is 318. The van der Waals surface area contributed by atoms with Crippen LogP contribution in [0.4, 0.5) is 0 Å². The molecule has 4 heteroatoms. The van der Waals surface area contributed by atoms with Crippen molar-refractivity contribution < 1.29 is 4.74 Å². The minimum atomic E-state index is 0.742. The standard InChI is InChI=1S/C12H17Cl2NO/c1-16-8-7-15-6-2-3-10-9-11(13)4-5-12(10)14/h4-5,9,15H,2-3,6-8H2,1H3. The lowest BCUT2D eigenvalue weighted by atomic mass is 10.1. The van der Waals surface area contributed by atoms with Gasteiger partial charge in [0.05, 0.1) is 6.61 Å². The van der Waals surface area contributed by atoms with E-state index in [0.29, 0.717) is 0 Å². The van der Waals surface area contributed by atoms with Gasteiger partial charge in [-0.05, 0) is 43.1 Å². The summed E-state index contributed by atoms with van der Waals surface area (Å²) in [4.78, 5) is 0. The third-order valence-electron chi connectivity index (χ3n) is 2.29. The first kappa shape index (κ1) is 13.8. The summed E-state index contributed by atoms with van der Waals surface area (Å²) in [5.41, 5.74) is 1.11. The number of halogens is 2. The van der Waals surface area contributed by atoms with E-state index >= 15 is 0 Å². The van der Waals surface area contributed by atoms with Gasteiger partial charge in [0.2, 0.25) is 0 Å². The number of aryl methyl sites for hydroxylation is 1. The van der Waals surface area contributed by atoms with Crippen LogP contribution in [0, 0.1) is 0 Å². The molecular weight excluding hydrogens is 245 g/mol. The van der Waals surface area contributed by atoms with Gasteiger partial charge in [-0.3, -0.25) is 0 Å². The molecule has 1 aromatic carbocycles. The predicted octanol–water partition coefficient (Wildman–Crippen LogP) is 3.16. The Hall–Kier alpha value is -0.280. The average molecular weight is 262 g/mol. The number of rotatable bonds is 7. The van der Waals surface area contributed by atoms with Gasteiger partial charge in [-0.2, -0.15) is 0 Å². The maximum atomic E-state index is 6.06. The second kappa shape index (κ2) is 7.91. The lowest BCUT2D eigenvalue weighted by Gasteiger charge is -2.06. The number of hydrogen-bond donors (Lipinski definition) is 1. The van der Waals surface area contributed by atoms with Crippen LogP contribution in [-0.2, 0) is 11.2 Å². The van der Waals surface area contributed by atoms with Crippen molar-refractivity contribution in [1.29, 1.82) is 0 Å². The molecule has 0 aliphatic carbocycles. The second-order valence-corrected chi connectivity index (χ2v) is 4.43. The van der Waals surface area contributed by atoms with Crippen molar-refractivity contribution in [2.45, 2.75) is 12.8 Å². The van der Waals surface area contributed by atoms with Crippen LogP contribution in [0.2, 0.25) is 10.0 Å². The first-order valence-electron chi connectivity index (χ1n) is 5.37. The van der Waals surface area contributed by atoms with Gasteiger partial charge in [0, 0.05) is 23.7 Å². The molecule has 0 heterocycles. The van der Waals surface area contributed by atoms with Gasteiger partial charge < -0.3 is 10.1 Å². The van der Waals surface area contributed by atoms with Crippen LogP contribution >= 0.6 is 23.2 Å². The Morgan fingerprint density at radius 2 is 2.06 bits per heavy atom. The van der Waals surface area contributed by atoms with E-state index in [2.05, 4.69) is 5.32 Å². The highest BCUT2D eigenvalue weighted by Crippen LogP contribution is 2.21. The summed E-state index contributed by atoms with van der Waals surface area (Å²) >= 11 is 12.0. The first-order valence-corrected chi connectivity index (χ1v) is 6.13. The molecule has 2 nitrogen and oxygen atoms in total. The van der Waals surface area contributed by atoms with E-state index in [1.54, 1.807) is 7.11 Å². The van der Waals surface area contributed by atoms with E-state index in [1.807, 2.05) is 18.2 Å². The molecule has 0 radical (unpaired) electrons. The van der Waals surface area contributed by atoms with Crippen molar-refractivity contribution in [2.75, 3.05) is 26.8 Å². The summed E-state index contributed by atoms with van der Waals surface area (Å²) in [5, 5.41) is 4.82. The third-order valence-corrected chi connectivity index (χ3v) is 2.89. The fraction of sp³-hybridized carbons (Fsp3) is 0.500. The number of nitrogens with one attached hydrogen (secondary N) is 1. The van der Waals surface area contributed by atoms with Crippen molar-refractivity contribution in [1.82, 2.24) is 5.32 Å². The third kappa shape index (κ3) is 5.17. The number of ether oxygens (including phenoxy) is 1. The van der Waals surface area contributed by atoms with Gasteiger partial charge in [-0.15, -0.1) is 0 Å². The number of methoxy groups -OCH3 is 1. The van der Waals surface area contributed by atoms with Crippen LogP contribution in [0.3, 0.4) is 0 Å². The van der Waals surface area contributed by atoms with Gasteiger partial charge in [-0.25, -0.2) is 0 Å². The zero-order valence-electron chi connectivity index (χ0n) is 9.43. The van der Waals surface area contributed by atoms with Gasteiger partial charge >= 0.3 is 0 Å². The van der Waals surface area contributed by atoms with Crippen LogP contribution in [0.1, 0.15) is 12.0 Å². The molecule has 0 saturated heterocycles. The fourth-order valence-electron chi connectivity index (χ4n) is 1.44. The molecule has 1 N–H and O–H groups in total. The smallest absolute Gasteiger partial charge is 0.0587 e. The highest BCUT2D eigenvalue weighted by Gasteiger charge is 2.00. The highest BCUT2D eigenvalue weighted by atomic mass is 35.5. The predicted molar refractivity (Wildman–Crippen MR) is 69.5 cm³/mol. The quantitative estimate of drug-likeness (QED) is 0.762. The molecule has 1 rings (SSSR count). The SMILES string of the molecule is COCCNCCCc1cc(Cl)ccc1Cl. The molecule has 0 aliphatic rings. The van der Waals surface area contributed by atoms with Gasteiger partial charge in [0.15, 0.2) is 0 Å². The van der Waals surface area contributed by atoms with Crippen LogP contribution in [0.25, 0.3) is 0 Å². The summed E-state index contributed by atoms with van der Waals surface area (Å²) in [6.07, 6.45) is 1.99. The molecule has 1 aromatic rings. The van der Waals surface area contributed by atoms with Crippen molar-refractivity contribution in [3.8, 4) is 0 Å². The summed E-state index contributed by atoms with van der Waals surface area (Å²) in [6, 6.07) is 5.58. The van der Waals surface area contributed by atoms with Crippen LogP contribution < -0.4 is 5.32 Å². The summed E-state index contributed by atoms with van der Waals surface area (Å²) in [6.45, 7) is 2.60. The lowest BCUT2D eigenvalue weighted by molar-refractivity contribution is 0.199. The van der Waals surface area contributed by atoms with Crippen molar-refractivity contribution in [3.63, 3.8) is 0 Å². The zero-order chi connectivity index (χ0) is 11.8. The van der Waals surface area contributed by atoms with Crippen LogP contribution in [0.5, 0.6) is 0 Å². The Kier molecular flexibility index (Phi) is 6.81. The minimum Gasteiger partial charge on any atom is -0.383 e. The normalized spacial score (nSPS) is 10.7. The second-order valence-electron chi connectivity index (χ2n) is 3.58. The van der Waals surface area contributed by atoms with Gasteiger partial charge in [-0.1, -0.05) is 23.2 Å². The molecule has 0 bridgehead atoms. The summed E-state index contributed by atoms with van der Waals surface area (Å²) in [7, 11) is 1.70. The Morgan fingerprint density at radius 3 is 2.81 bits per heavy atom. The van der Waals surface area contributed by atoms with E-state index in [9.17, 15) is 0 Å². The molecule has 0 spiro atoms. The van der Waals surface area contributed by atoms with Gasteiger partial charge in [0.25, 0.3) is 0 Å². The van der Waals surface area contributed by atoms with E-state index < -0.39 is 0 Å². The Balaban J connectivity index is 2.23. The maximum Gasteiger partial charge on any atom is 0.0587 e. The number of benzene rings is 1. The molecule has 0 atom stereocenters. The average Bonchev–Trinajstić information content (AvgIpc) is 2.28. The van der Waals surface area contributed by atoms with Crippen molar-refractivity contribution in [2.24, 2.45) is 0 Å². The molecular formula is C12H17Cl2NO. The molecule has 0 fully saturated rings. The summed E-state index contributed by atoms with van der Waals surface area (Å²) < 4.78 is 4.94. The summed E-state index contributed by atoms with van der Waals surface area (Å²) in [5.74, 6) is 0. The Labute approximate surface area is 107 Å². The van der Waals surface area contributed by atoms with E-state index in [-0.39, 0.29) is 0 Å². The van der Waals surface area contributed by atoms with E-state index in [4.69, 9.17) is 27.9 Å². The molecule has 16 heavy (non-hydrogen) atoms. The molecule has 0 unspecified atom stereocenters. The van der Waals surface area contributed by atoms with Crippen molar-refractivity contribution >= 4 is 23.2 Å². The first-order chi connectivity index (χ1) is 7.74. The molecule has 0 saturated carbocycles. The van der Waals surface area contributed by atoms with Crippen LogP contribution in [0.15, 0.2) is 18.2 Å². The molecule has 90 valence electrons. The largest absolute Gasteiger partial charge is 0.383 e. The molecule has 0 amide bonds. The van der Waals surface area contributed by atoms with Gasteiger partial charge in [0.1, 0.15) is 0 Å². The number of hydrogen-bond acceptors (Lipinski definition) is 2. The molecule has 0 aromatic heterocycles. The van der Waals surface area contributed by atoms with Crippen LogP contribution in [-0.4, -0.2) is 26.8 Å². The van der Waals surface area contributed by atoms with E-state index in [1.165, 1.54) is 0 Å². The highest BCUT2D eigenvalue weighted by molar-refractivity contribution is 6.33. The monoisotopic (exact) mass is 261 g/mol. The maximum absolute atomic E-state index is 6.06.